The second-order valence-corrected chi connectivity index (χ2v) is 7.58. The number of amides is 1. The van der Waals surface area contributed by atoms with E-state index in [9.17, 15) is 9.18 Å². The number of aryl methyl sites for hydroxylation is 1. The number of rotatable bonds is 5. The van der Waals surface area contributed by atoms with Gasteiger partial charge < -0.3 is 10.2 Å². The molecule has 1 saturated heterocycles. The van der Waals surface area contributed by atoms with Crippen LogP contribution < -0.4 is 10.2 Å². The third-order valence-corrected chi connectivity index (χ3v) is 5.03. The number of nitrogens with zero attached hydrogens (tertiary/aromatic N) is 4. The largest absolute Gasteiger partial charge is 0.354 e. The summed E-state index contributed by atoms with van der Waals surface area (Å²) in [6, 6.07) is 7.69. The smallest absolute Gasteiger partial charge is 0.241 e. The Morgan fingerprint density at radius 2 is 1.82 bits per heavy atom. The molecule has 2 heterocycles. The van der Waals surface area contributed by atoms with Crippen molar-refractivity contribution in [3.8, 4) is 0 Å². The highest BCUT2D eigenvalue weighted by atomic mass is 19.1. The summed E-state index contributed by atoms with van der Waals surface area (Å²) < 4.78 is 13.3. The minimum absolute atomic E-state index is 0.126. The van der Waals surface area contributed by atoms with E-state index < -0.39 is 0 Å². The van der Waals surface area contributed by atoms with Crippen LogP contribution in [-0.2, 0) is 4.79 Å². The number of hydrogen-bond acceptors (Lipinski definition) is 5. The van der Waals surface area contributed by atoms with Crippen LogP contribution in [0.25, 0.3) is 0 Å². The second kappa shape index (κ2) is 8.65. The summed E-state index contributed by atoms with van der Waals surface area (Å²) in [5.41, 5.74) is 1.45. The van der Waals surface area contributed by atoms with Gasteiger partial charge >= 0.3 is 0 Å². The van der Waals surface area contributed by atoms with Gasteiger partial charge in [0.1, 0.15) is 17.5 Å². The zero-order valence-corrected chi connectivity index (χ0v) is 16.9. The topological polar surface area (TPSA) is 61.4 Å². The van der Waals surface area contributed by atoms with Crippen LogP contribution in [0.15, 0.2) is 30.3 Å². The molecule has 28 heavy (non-hydrogen) atoms. The van der Waals surface area contributed by atoms with E-state index in [0.717, 1.165) is 43.5 Å². The van der Waals surface area contributed by atoms with E-state index in [-0.39, 0.29) is 23.7 Å². The summed E-state index contributed by atoms with van der Waals surface area (Å²) in [4.78, 5) is 26.1. The molecule has 0 aliphatic carbocycles. The first-order valence-electron chi connectivity index (χ1n) is 9.74. The molecular formula is C21H28FN5O. The summed E-state index contributed by atoms with van der Waals surface area (Å²) >= 11 is 0. The molecule has 1 aliphatic rings. The van der Waals surface area contributed by atoms with Crippen molar-refractivity contribution in [3.63, 3.8) is 0 Å². The Morgan fingerprint density at radius 1 is 1.11 bits per heavy atom. The van der Waals surface area contributed by atoms with E-state index in [1.807, 2.05) is 19.9 Å². The van der Waals surface area contributed by atoms with Crippen molar-refractivity contribution in [1.29, 1.82) is 0 Å². The molecule has 1 aromatic carbocycles. The summed E-state index contributed by atoms with van der Waals surface area (Å²) in [5, 5.41) is 2.80. The number of aromatic nitrogens is 2. The number of anilines is 2. The lowest BCUT2D eigenvalue weighted by Gasteiger charge is -2.38. The van der Waals surface area contributed by atoms with Gasteiger partial charge in [-0.3, -0.25) is 9.69 Å². The fraction of sp³-hybridized carbons (Fsp3) is 0.476. The van der Waals surface area contributed by atoms with Gasteiger partial charge in [0, 0.05) is 49.5 Å². The first kappa shape index (κ1) is 20.2. The molecule has 1 atom stereocenters. The van der Waals surface area contributed by atoms with Crippen molar-refractivity contribution in [2.45, 2.75) is 39.7 Å². The van der Waals surface area contributed by atoms with Gasteiger partial charge in [-0.25, -0.2) is 14.4 Å². The molecule has 6 nitrogen and oxygen atoms in total. The Balaban J connectivity index is 1.59. The predicted molar refractivity (Wildman–Crippen MR) is 109 cm³/mol. The number of carbonyl (C=O) groups excluding carboxylic acids is 1. The monoisotopic (exact) mass is 385 g/mol. The van der Waals surface area contributed by atoms with Crippen molar-refractivity contribution in [2.24, 2.45) is 0 Å². The van der Waals surface area contributed by atoms with Gasteiger partial charge in [0.15, 0.2) is 0 Å². The van der Waals surface area contributed by atoms with Gasteiger partial charge in [-0.1, -0.05) is 19.9 Å². The molecule has 3 rings (SSSR count). The number of nitrogens with one attached hydrogen (secondary N) is 1. The number of piperazine rings is 1. The predicted octanol–water partition coefficient (Wildman–Crippen LogP) is 3.20. The lowest BCUT2D eigenvalue weighted by atomic mass is 10.2. The van der Waals surface area contributed by atoms with Crippen molar-refractivity contribution < 1.29 is 9.18 Å². The van der Waals surface area contributed by atoms with E-state index >= 15 is 0 Å². The van der Waals surface area contributed by atoms with Crippen LogP contribution in [0.5, 0.6) is 0 Å². The van der Waals surface area contributed by atoms with Crippen LogP contribution in [0.3, 0.4) is 0 Å². The van der Waals surface area contributed by atoms with Crippen molar-refractivity contribution in [2.75, 3.05) is 36.4 Å². The van der Waals surface area contributed by atoms with Gasteiger partial charge in [0.2, 0.25) is 5.91 Å². The van der Waals surface area contributed by atoms with E-state index in [1.165, 1.54) is 12.1 Å². The zero-order chi connectivity index (χ0) is 20.3. The molecule has 0 unspecified atom stereocenters. The highest BCUT2D eigenvalue weighted by Crippen LogP contribution is 2.19. The minimum Gasteiger partial charge on any atom is -0.354 e. The quantitative estimate of drug-likeness (QED) is 0.856. The third kappa shape index (κ3) is 4.84. The fourth-order valence-electron chi connectivity index (χ4n) is 3.31. The maximum atomic E-state index is 13.3. The highest BCUT2D eigenvalue weighted by Gasteiger charge is 2.26. The minimum atomic E-state index is -0.361. The normalized spacial score (nSPS) is 16.3. The van der Waals surface area contributed by atoms with Gasteiger partial charge in [-0.05, 0) is 32.0 Å². The highest BCUT2D eigenvalue weighted by molar-refractivity contribution is 5.94. The molecule has 7 heteroatoms. The molecule has 1 aromatic heterocycles. The molecular weight excluding hydrogens is 357 g/mol. The molecule has 0 spiro atoms. The van der Waals surface area contributed by atoms with Crippen LogP contribution in [0, 0.1) is 12.7 Å². The van der Waals surface area contributed by atoms with E-state index in [1.54, 1.807) is 12.1 Å². The van der Waals surface area contributed by atoms with Gasteiger partial charge in [-0.15, -0.1) is 0 Å². The maximum Gasteiger partial charge on any atom is 0.241 e. The van der Waals surface area contributed by atoms with E-state index in [0.29, 0.717) is 5.69 Å². The van der Waals surface area contributed by atoms with Crippen LogP contribution in [0.2, 0.25) is 0 Å². The molecule has 150 valence electrons. The molecule has 0 radical (unpaired) electrons. The van der Waals surface area contributed by atoms with Crippen LogP contribution in [0.4, 0.5) is 15.9 Å². The van der Waals surface area contributed by atoms with Crippen molar-refractivity contribution >= 4 is 17.4 Å². The Labute approximate surface area is 165 Å². The number of carbonyl (C=O) groups is 1. The summed E-state index contributed by atoms with van der Waals surface area (Å²) in [5.74, 6) is 1.61. The standard InChI is InChI=1S/C21H28FN5O/c1-14(2)20-23-15(3)12-19(25-20)27-10-8-26(9-11-27)16(4)21(28)24-18-7-5-6-17(22)13-18/h5-7,12-14,16H,8-11H2,1-4H3,(H,24,28)/t16-/m1/s1. The van der Waals surface area contributed by atoms with Crippen LogP contribution in [-0.4, -0.2) is 53.0 Å². The average molecular weight is 385 g/mol. The number of halogens is 1. The van der Waals surface area contributed by atoms with E-state index in [2.05, 4.69) is 33.9 Å². The zero-order valence-electron chi connectivity index (χ0n) is 16.9. The average Bonchev–Trinajstić information content (AvgIpc) is 2.67. The molecule has 1 amide bonds. The summed E-state index contributed by atoms with van der Waals surface area (Å²) in [7, 11) is 0. The molecule has 0 bridgehead atoms. The Bertz CT molecular complexity index is 833. The number of hydrogen-bond donors (Lipinski definition) is 1. The molecule has 0 saturated carbocycles. The van der Waals surface area contributed by atoms with Crippen LogP contribution in [0.1, 0.15) is 38.2 Å². The summed E-state index contributed by atoms with van der Waals surface area (Å²) in [6.45, 7) is 11.2. The lowest BCUT2D eigenvalue weighted by molar-refractivity contribution is -0.120. The Morgan fingerprint density at radius 3 is 2.46 bits per heavy atom. The Kier molecular flexibility index (Phi) is 6.24. The lowest BCUT2D eigenvalue weighted by Crippen LogP contribution is -2.53. The fourth-order valence-corrected chi connectivity index (χ4v) is 3.31. The molecule has 1 fully saturated rings. The van der Waals surface area contributed by atoms with Gasteiger partial charge in [0.25, 0.3) is 0 Å². The second-order valence-electron chi connectivity index (χ2n) is 7.58. The first-order valence-corrected chi connectivity index (χ1v) is 9.74. The van der Waals surface area contributed by atoms with Crippen LogP contribution >= 0.6 is 0 Å². The van der Waals surface area contributed by atoms with Gasteiger partial charge in [-0.2, -0.15) is 0 Å². The molecule has 1 N–H and O–H groups in total. The van der Waals surface area contributed by atoms with Gasteiger partial charge in [0.05, 0.1) is 6.04 Å². The molecule has 1 aliphatic heterocycles. The molecule has 2 aromatic rings. The number of benzene rings is 1. The summed E-state index contributed by atoms with van der Waals surface area (Å²) in [6.07, 6.45) is 0. The third-order valence-electron chi connectivity index (χ3n) is 5.03. The van der Waals surface area contributed by atoms with Crippen molar-refractivity contribution in [1.82, 2.24) is 14.9 Å². The maximum absolute atomic E-state index is 13.3. The SMILES string of the molecule is Cc1cc(N2CCN([C@H](C)C(=O)Nc3cccc(F)c3)CC2)nc(C(C)C)n1. The first-order chi connectivity index (χ1) is 13.3. The van der Waals surface area contributed by atoms with E-state index in [4.69, 9.17) is 4.98 Å². The Hall–Kier alpha value is -2.54. The van der Waals surface area contributed by atoms with Crippen molar-refractivity contribution in [3.05, 3.63) is 47.7 Å².